The Kier molecular flexibility index (Phi) is 6.63. The van der Waals surface area contributed by atoms with Crippen molar-refractivity contribution < 1.29 is 4.79 Å². The minimum atomic E-state index is -0.185. The van der Waals surface area contributed by atoms with Crippen LogP contribution in [0.1, 0.15) is 20.8 Å². The second-order valence-corrected chi connectivity index (χ2v) is 3.41. The monoisotopic (exact) mass is 204 g/mol. The number of hydrogen-bond donors (Lipinski definition) is 2. The fraction of sp³-hybridized carbons (Fsp3) is 0.667. The Hall–Kier alpha value is -0.540. The predicted molar refractivity (Wildman–Crippen MR) is 55.7 cm³/mol. The van der Waals surface area contributed by atoms with Gasteiger partial charge in [-0.15, -0.1) is 0 Å². The molecule has 76 valence electrons. The van der Waals surface area contributed by atoms with Crippen LogP contribution in [0, 0.1) is 0 Å². The molecular formula is C9H17ClN2O. The summed E-state index contributed by atoms with van der Waals surface area (Å²) in [6.07, 6.45) is 1.75. The minimum Gasteiger partial charge on any atom is -0.353 e. The van der Waals surface area contributed by atoms with Crippen molar-refractivity contribution in [2.24, 2.45) is 0 Å². The lowest BCUT2D eigenvalue weighted by atomic mass is 10.3. The van der Waals surface area contributed by atoms with Crippen molar-refractivity contribution in [2.75, 3.05) is 6.54 Å². The molecule has 4 heteroatoms. The van der Waals surface area contributed by atoms with E-state index in [4.69, 9.17) is 11.6 Å². The predicted octanol–water partition coefficient (Wildman–Crippen LogP) is 1.24. The summed E-state index contributed by atoms with van der Waals surface area (Å²) >= 11 is 5.33. The van der Waals surface area contributed by atoms with E-state index in [-0.39, 0.29) is 18.0 Å². The Morgan fingerprint density at radius 1 is 1.46 bits per heavy atom. The van der Waals surface area contributed by atoms with Gasteiger partial charge in [0.2, 0.25) is 5.91 Å². The molecule has 0 heterocycles. The van der Waals surface area contributed by atoms with Crippen LogP contribution in [-0.2, 0) is 4.79 Å². The van der Waals surface area contributed by atoms with Crippen molar-refractivity contribution in [1.82, 2.24) is 10.6 Å². The highest BCUT2D eigenvalue weighted by Gasteiger charge is 2.11. The van der Waals surface area contributed by atoms with E-state index >= 15 is 0 Å². The average Bonchev–Trinajstić information content (AvgIpc) is 2.03. The van der Waals surface area contributed by atoms with Gasteiger partial charge in [-0.2, -0.15) is 0 Å². The maximum atomic E-state index is 11.3. The third-order valence-electron chi connectivity index (χ3n) is 1.46. The second kappa shape index (κ2) is 6.92. The van der Waals surface area contributed by atoms with Crippen LogP contribution in [0.4, 0.5) is 0 Å². The van der Waals surface area contributed by atoms with Crippen LogP contribution in [0.2, 0.25) is 0 Å². The molecule has 0 aliphatic heterocycles. The van der Waals surface area contributed by atoms with Gasteiger partial charge in [0.15, 0.2) is 0 Å². The standard InChI is InChI=1S/C9H17ClN2O/c1-7(2)12-9(13)8(3)11-6-4-5-10/h4-5,7-8,11H,6H2,1-3H3,(H,12,13)/b5-4+. The molecule has 3 nitrogen and oxygen atoms in total. The molecule has 13 heavy (non-hydrogen) atoms. The quantitative estimate of drug-likeness (QED) is 0.708. The summed E-state index contributed by atoms with van der Waals surface area (Å²) in [6.45, 7) is 6.29. The van der Waals surface area contributed by atoms with E-state index in [1.165, 1.54) is 5.54 Å². The maximum absolute atomic E-state index is 11.3. The number of carbonyl (C=O) groups is 1. The smallest absolute Gasteiger partial charge is 0.237 e. The molecule has 0 rings (SSSR count). The highest BCUT2D eigenvalue weighted by Crippen LogP contribution is 1.85. The second-order valence-electron chi connectivity index (χ2n) is 3.15. The van der Waals surface area contributed by atoms with Gasteiger partial charge in [-0.05, 0) is 20.8 Å². The first-order chi connectivity index (χ1) is 6.07. The van der Waals surface area contributed by atoms with Gasteiger partial charge in [0.25, 0.3) is 0 Å². The van der Waals surface area contributed by atoms with Crippen LogP contribution < -0.4 is 10.6 Å². The first kappa shape index (κ1) is 12.5. The number of nitrogens with one attached hydrogen (secondary N) is 2. The van der Waals surface area contributed by atoms with E-state index in [0.29, 0.717) is 6.54 Å². The van der Waals surface area contributed by atoms with Gasteiger partial charge < -0.3 is 10.6 Å². The van der Waals surface area contributed by atoms with E-state index in [9.17, 15) is 4.79 Å². The molecular weight excluding hydrogens is 188 g/mol. The summed E-state index contributed by atoms with van der Waals surface area (Å²) in [7, 11) is 0. The molecule has 1 atom stereocenters. The van der Waals surface area contributed by atoms with E-state index in [1.807, 2.05) is 20.8 Å². The average molecular weight is 205 g/mol. The third kappa shape index (κ3) is 6.61. The molecule has 0 aromatic rings. The molecule has 0 aliphatic carbocycles. The SMILES string of the molecule is CC(C)NC(=O)C(C)NC/C=C/Cl. The van der Waals surface area contributed by atoms with Crippen LogP contribution in [0.15, 0.2) is 11.6 Å². The lowest BCUT2D eigenvalue weighted by molar-refractivity contribution is -0.123. The van der Waals surface area contributed by atoms with Crippen LogP contribution in [0.25, 0.3) is 0 Å². The summed E-state index contributed by atoms with van der Waals surface area (Å²) in [4.78, 5) is 11.3. The van der Waals surface area contributed by atoms with Gasteiger partial charge in [-0.1, -0.05) is 17.7 Å². The fourth-order valence-electron chi connectivity index (χ4n) is 0.792. The van der Waals surface area contributed by atoms with Crippen molar-refractivity contribution >= 4 is 17.5 Å². The molecule has 0 bridgehead atoms. The van der Waals surface area contributed by atoms with Gasteiger partial charge in [-0.3, -0.25) is 4.79 Å². The van der Waals surface area contributed by atoms with E-state index in [0.717, 1.165) is 0 Å². The summed E-state index contributed by atoms with van der Waals surface area (Å²) in [5, 5.41) is 5.82. The molecule has 2 N–H and O–H groups in total. The molecule has 0 saturated carbocycles. The zero-order chi connectivity index (χ0) is 10.3. The molecule has 0 saturated heterocycles. The number of rotatable bonds is 5. The summed E-state index contributed by atoms with van der Waals surface area (Å²) < 4.78 is 0. The number of halogens is 1. The number of carbonyl (C=O) groups excluding carboxylic acids is 1. The van der Waals surface area contributed by atoms with Crippen LogP contribution in [0.5, 0.6) is 0 Å². The molecule has 0 spiro atoms. The Morgan fingerprint density at radius 2 is 2.08 bits per heavy atom. The molecule has 0 radical (unpaired) electrons. The van der Waals surface area contributed by atoms with Crippen molar-refractivity contribution in [3.8, 4) is 0 Å². The maximum Gasteiger partial charge on any atom is 0.237 e. The van der Waals surface area contributed by atoms with Crippen molar-refractivity contribution in [3.05, 3.63) is 11.6 Å². The summed E-state index contributed by atoms with van der Waals surface area (Å²) in [6, 6.07) is -0.00409. The molecule has 0 aromatic carbocycles. The Labute approximate surface area is 84.5 Å². The lowest BCUT2D eigenvalue weighted by Gasteiger charge is -2.14. The van der Waals surface area contributed by atoms with Crippen molar-refractivity contribution in [3.63, 3.8) is 0 Å². The van der Waals surface area contributed by atoms with Crippen LogP contribution in [0.3, 0.4) is 0 Å². The third-order valence-corrected chi connectivity index (χ3v) is 1.63. The first-order valence-corrected chi connectivity index (χ1v) is 4.80. The highest BCUT2D eigenvalue weighted by molar-refractivity contribution is 6.25. The van der Waals surface area contributed by atoms with Crippen LogP contribution >= 0.6 is 11.6 Å². The van der Waals surface area contributed by atoms with Gasteiger partial charge in [0.05, 0.1) is 6.04 Å². The number of hydrogen-bond acceptors (Lipinski definition) is 2. The summed E-state index contributed by atoms with van der Waals surface area (Å²) in [5.74, 6) is 0.0120. The van der Waals surface area contributed by atoms with Gasteiger partial charge in [0.1, 0.15) is 0 Å². The highest BCUT2D eigenvalue weighted by atomic mass is 35.5. The molecule has 0 aliphatic rings. The minimum absolute atomic E-state index is 0.0120. The largest absolute Gasteiger partial charge is 0.353 e. The molecule has 0 aromatic heterocycles. The lowest BCUT2D eigenvalue weighted by Crippen LogP contribution is -2.44. The molecule has 0 fully saturated rings. The van der Waals surface area contributed by atoms with Crippen molar-refractivity contribution in [2.45, 2.75) is 32.9 Å². The summed E-state index contributed by atoms with van der Waals surface area (Å²) in [5.41, 5.74) is 1.43. The Balaban J connectivity index is 3.69. The van der Waals surface area contributed by atoms with Gasteiger partial charge in [0, 0.05) is 18.1 Å². The first-order valence-electron chi connectivity index (χ1n) is 4.37. The number of amides is 1. The fourth-order valence-corrected chi connectivity index (χ4v) is 0.881. The van der Waals surface area contributed by atoms with E-state index in [1.54, 1.807) is 6.08 Å². The van der Waals surface area contributed by atoms with E-state index in [2.05, 4.69) is 10.6 Å². The topological polar surface area (TPSA) is 41.1 Å². The molecule has 1 amide bonds. The zero-order valence-corrected chi connectivity index (χ0v) is 9.06. The zero-order valence-electron chi connectivity index (χ0n) is 8.30. The van der Waals surface area contributed by atoms with Crippen LogP contribution in [-0.4, -0.2) is 24.5 Å². The normalized spacial score (nSPS) is 13.6. The Morgan fingerprint density at radius 3 is 2.54 bits per heavy atom. The van der Waals surface area contributed by atoms with Crippen molar-refractivity contribution in [1.29, 1.82) is 0 Å². The van der Waals surface area contributed by atoms with Gasteiger partial charge in [-0.25, -0.2) is 0 Å². The van der Waals surface area contributed by atoms with E-state index < -0.39 is 0 Å². The molecule has 1 unspecified atom stereocenters. The van der Waals surface area contributed by atoms with Gasteiger partial charge >= 0.3 is 0 Å². The Bertz CT molecular complexity index is 180.